The standard InChI is InChI=1S/C21H29NO4S2/c1-13(2)15-12-28-20(27)22(15)18(23)17(26-19(24)21(3,4)5)16(25-6)14-10-8-7-9-11-14/h7-11,13,15-17H,12H2,1-6H3/t15-,16-,17-/m1/s1. The molecule has 28 heavy (non-hydrogen) atoms. The predicted octanol–water partition coefficient (Wildman–Crippen LogP) is 4.22. The van der Waals surface area contributed by atoms with E-state index in [-0.39, 0.29) is 17.9 Å². The zero-order valence-electron chi connectivity index (χ0n) is 17.3. The molecule has 7 heteroatoms. The molecule has 1 aromatic carbocycles. The minimum atomic E-state index is -1.11. The van der Waals surface area contributed by atoms with E-state index in [2.05, 4.69) is 13.8 Å². The normalized spacial score (nSPS) is 19.6. The van der Waals surface area contributed by atoms with Gasteiger partial charge in [0.2, 0.25) is 6.10 Å². The molecule has 5 nitrogen and oxygen atoms in total. The van der Waals surface area contributed by atoms with Gasteiger partial charge in [0.15, 0.2) is 0 Å². The smallest absolute Gasteiger partial charge is 0.312 e. The number of methoxy groups -OCH3 is 1. The third-order valence-corrected chi connectivity index (χ3v) is 6.16. The Morgan fingerprint density at radius 1 is 1.21 bits per heavy atom. The highest BCUT2D eigenvalue weighted by molar-refractivity contribution is 8.23. The van der Waals surface area contributed by atoms with Crippen molar-refractivity contribution in [3.8, 4) is 0 Å². The molecular formula is C21H29NO4S2. The lowest BCUT2D eigenvalue weighted by atomic mass is 9.96. The van der Waals surface area contributed by atoms with Crippen molar-refractivity contribution in [2.75, 3.05) is 12.9 Å². The van der Waals surface area contributed by atoms with Gasteiger partial charge in [0.1, 0.15) is 10.4 Å². The zero-order chi connectivity index (χ0) is 21.1. The van der Waals surface area contributed by atoms with E-state index in [4.69, 9.17) is 21.7 Å². The fourth-order valence-electron chi connectivity index (χ4n) is 2.93. The van der Waals surface area contributed by atoms with Crippen molar-refractivity contribution in [2.24, 2.45) is 11.3 Å². The number of benzene rings is 1. The molecule has 0 spiro atoms. The lowest BCUT2D eigenvalue weighted by Crippen LogP contribution is -2.50. The van der Waals surface area contributed by atoms with Crippen LogP contribution in [-0.2, 0) is 19.1 Å². The largest absolute Gasteiger partial charge is 0.449 e. The molecule has 1 aliphatic rings. The molecule has 1 aliphatic heterocycles. The Balaban J connectivity index is 2.43. The van der Waals surface area contributed by atoms with Gasteiger partial charge in [-0.25, -0.2) is 0 Å². The molecule has 154 valence electrons. The number of rotatable bonds is 6. The number of ether oxygens (including phenoxy) is 2. The van der Waals surface area contributed by atoms with E-state index in [1.807, 2.05) is 30.3 Å². The highest BCUT2D eigenvalue weighted by Crippen LogP contribution is 2.33. The second-order valence-corrected chi connectivity index (χ2v) is 9.89. The maximum atomic E-state index is 13.6. The summed E-state index contributed by atoms with van der Waals surface area (Å²) in [5.74, 6) is 0.184. The Hall–Kier alpha value is -1.44. The van der Waals surface area contributed by atoms with Crippen molar-refractivity contribution in [2.45, 2.75) is 52.9 Å². The molecular weight excluding hydrogens is 394 g/mol. The number of hydrogen-bond acceptors (Lipinski definition) is 6. The molecule has 2 rings (SSSR count). The molecule has 1 amide bonds. The molecule has 1 aromatic rings. The number of nitrogens with zero attached hydrogens (tertiary/aromatic N) is 1. The molecule has 0 N–H and O–H groups in total. The van der Waals surface area contributed by atoms with E-state index in [9.17, 15) is 9.59 Å². The zero-order valence-corrected chi connectivity index (χ0v) is 18.9. The fraction of sp³-hybridized carbons (Fsp3) is 0.571. The number of thiocarbonyl (C=S) groups is 1. The van der Waals surface area contributed by atoms with Crippen LogP contribution >= 0.6 is 24.0 Å². The SMILES string of the molecule is CO[C@H](c1ccccc1)[C@@H](OC(=O)C(C)(C)C)C(=O)N1C(=S)SC[C@@H]1C(C)C. The summed E-state index contributed by atoms with van der Waals surface area (Å²) in [5.41, 5.74) is 0.0227. The van der Waals surface area contributed by atoms with Gasteiger partial charge in [-0.3, -0.25) is 14.5 Å². The summed E-state index contributed by atoms with van der Waals surface area (Å²) < 4.78 is 11.9. The first kappa shape index (κ1) is 22.8. The van der Waals surface area contributed by atoms with E-state index in [0.29, 0.717) is 4.32 Å². The number of hydrogen-bond donors (Lipinski definition) is 0. The average Bonchev–Trinajstić information content (AvgIpc) is 3.02. The van der Waals surface area contributed by atoms with Crippen LogP contribution in [-0.4, -0.2) is 46.1 Å². The highest BCUT2D eigenvalue weighted by atomic mass is 32.2. The molecule has 0 aliphatic carbocycles. The maximum Gasteiger partial charge on any atom is 0.312 e. The van der Waals surface area contributed by atoms with Gasteiger partial charge in [-0.15, -0.1) is 0 Å². The third-order valence-electron chi connectivity index (χ3n) is 4.66. The second-order valence-electron chi connectivity index (χ2n) is 8.24. The summed E-state index contributed by atoms with van der Waals surface area (Å²) in [5, 5.41) is 0. The van der Waals surface area contributed by atoms with E-state index < -0.39 is 23.6 Å². The van der Waals surface area contributed by atoms with Crippen LogP contribution in [0.2, 0.25) is 0 Å². The van der Waals surface area contributed by atoms with Crippen LogP contribution in [0.15, 0.2) is 30.3 Å². The van der Waals surface area contributed by atoms with E-state index >= 15 is 0 Å². The number of carbonyl (C=O) groups excluding carboxylic acids is 2. The summed E-state index contributed by atoms with van der Waals surface area (Å²) in [4.78, 5) is 27.8. The Bertz CT molecular complexity index is 715. The van der Waals surface area contributed by atoms with Crippen molar-refractivity contribution in [1.82, 2.24) is 4.90 Å². The molecule has 1 fully saturated rings. The van der Waals surface area contributed by atoms with Crippen LogP contribution in [0, 0.1) is 11.3 Å². The van der Waals surface area contributed by atoms with Crippen LogP contribution in [0.4, 0.5) is 0 Å². The minimum Gasteiger partial charge on any atom is -0.449 e. The Morgan fingerprint density at radius 2 is 1.82 bits per heavy atom. The van der Waals surface area contributed by atoms with Crippen molar-refractivity contribution in [3.63, 3.8) is 0 Å². The van der Waals surface area contributed by atoms with E-state index in [1.54, 1.807) is 25.7 Å². The van der Waals surface area contributed by atoms with Crippen LogP contribution in [0.1, 0.15) is 46.3 Å². The van der Waals surface area contributed by atoms with Gasteiger partial charge in [-0.1, -0.05) is 68.2 Å². The second kappa shape index (κ2) is 9.37. The molecule has 1 saturated heterocycles. The Labute approximate surface area is 177 Å². The van der Waals surface area contributed by atoms with Crippen LogP contribution in [0.25, 0.3) is 0 Å². The van der Waals surface area contributed by atoms with Crippen molar-refractivity contribution in [1.29, 1.82) is 0 Å². The molecule has 0 unspecified atom stereocenters. The number of thioether (sulfide) groups is 1. The number of esters is 1. The molecule has 0 aromatic heterocycles. The van der Waals surface area contributed by atoms with Gasteiger partial charge in [0, 0.05) is 12.9 Å². The van der Waals surface area contributed by atoms with Crippen LogP contribution in [0.3, 0.4) is 0 Å². The molecule has 1 heterocycles. The Morgan fingerprint density at radius 3 is 2.32 bits per heavy atom. The first-order chi connectivity index (χ1) is 13.1. The van der Waals surface area contributed by atoms with Gasteiger partial charge in [0.05, 0.1) is 11.5 Å². The van der Waals surface area contributed by atoms with E-state index in [0.717, 1.165) is 11.3 Å². The summed E-state index contributed by atoms with van der Waals surface area (Å²) in [7, 11) is 1.51. The number of carbonyl (C=O) groups is 2. The monoisotopic (exact) mass is 423 g/mol. The summed E-state index contributed by atoms with van der Waals surface area (Å²) in [6.45, 7) is 9.39. The molecule has 0 bridgehead atoms. The Kier molecular flexibility index (Phi) is 7.65. The van der Waals surface area contributed by atoms with Crippen molar-refractivity contribution >= 4 is 40.2 Å². The van der Waals surface area contributed by atoms with Gasteiger partial charge in [0.25, 0.3) is 5.91 Å². The average molecular weight is 424 g/mol. The summed E-state index contributed by atoms with van der Waals surface area (Å²) in [6, 6.07) is 9.29. The summed E-state index contributed by atoms with van der Waals surface area (Å²) >= 11 is 6.93. The van der Waals surface area contributed by atoms with Gasteiger partial charge in [-0.2, -0.15) is 0 Å². The topological polar surface area (TPSA) is 55.8 Å². The number of amides is 1. The minimum absolute atomic E-state index is 0.0332. The fourth-order valence-corrected chi connectivity index (χ4v) is 4.57. The van der Waals surface area contributed by atoms with E-state index in [1.165, 1.54) is 18.9 Å². The molecule has 3 atom stereocenters. The lowest BCUT2D eigenvalue weighted by molar-refractivity contribution is -0.175. The molecule has 0 radical (unpaired) electrons. The summed E-state index contributed by atoms with van der Waals surface area (Å²) in [6.07, 6.45) is -1.83. The molecule has 0 saturated carbocycles. The first-order valence-corrected chi connectivity index (χ1v) is 10.8. The predicted molar refractivity (Wildman–Crippen MR) is 116 cm³/mol. The first-order valence-electron chi connectivity index (χ1n) is 9.36. The van der Waals surface area contributed by atoms with Crippen LogP contribution < -0.4 is 0 Å². The van der Waals surface area contributed by atoms with Gasteiger partial charge >= 0.3 is 5.97 Å². The third kappa shape index (κ3) is 5.13. The van der Waals surface area contributed by atoms with Gasteiger partial charge < -0.3 is 9.47 Å². The highest BCUT2D eigenvalue weighted by Gasteiger charge is 2.44. The maximum absolute atomic E-state index is 13.6. The lowest BCUT2D eigenvalue weighted by Gasteiger charge is -2.34. The van der Waals surface area contributed by atoms with Gasteiger partial charge in [-0.05, 0) is 32.3 Å². The quantitative estimate of drug-likeness (QED) is 0.504. The van der Waals surface area contributed by atoms with Crippen LogP contribution in [0.5, 0.6) is 0 Å². The van der Waals surface area contributed by atoms with Crippen molar-refractivity contribution < 1.29 is 19.1 Å². The van der Waals surface area contributed by atoms with Crippen molar-refractivity contribution in [3.05, 3.63) is 35.9 Å².